The van der Waals surface area contributed by atoms with Gasteiger partial charge in [0.1, 0.15) is 0 Å². The first-order valence-electron chi connectivity index (χ1n) is 8.42. The Hall–Kier alpha value is -2.40. The highest BCUT2D eigenvalue weighted by molar-refractivity contribution is 5.76. The molecule has 0 saturated carbocycles. The molecule has 1 saturated heterocycles. The summed E-state index contributed by atoms with van der Waals surface area (Å²) in [5.74, 6) is 0.238. The molecule has 126 valence electrons. The third-order valence-electron chi connectivity index (χ3n) is 4.45. The Morgan fingerprint density at radius 3 is 2.38 bits per heavy atom. The molecule has 2 heterocycles. The topological polar surface area (TPSA) is 56.4 Å². The van der Waals surface area contributed by atoms with Crippen LogP contribution in [0.4, 0.5) is 0 Å². The molecular formula is C19H23N3O2. The molecule has 1 aliphatic heterocycles. The van der Waals surface area contributed by atoms with Gasteiger partial charge in [0.25, 0.3) is 0 Å². The Balaban J connectivity index is 1.43. The van der Waals surface area contributed by atoms with E-state index in [0.717, 1.165) is 44.7 Å². The van der Waals surface area contributed by atoms with Crippen molar-refractivity contribution >= 4 is 5.91 Å². The first kappa shape index (κ1) is 16.5. The van der Waals surface area contributed by atoms with Crippen molar-refractivity contribution in [3.63, 3.8) is 0 Å². The first-order chi connectivity index (χ1) is 11.7. The van der Waals surface area contributed by atoms with E-state index >= 15 is 0 Å². The van der Waals surface area contributed by atoms with Crippen LogP contribution in [-0.4, -0.2) is 46.9 Å². The zero-order valence-corrected chi connectivity index (χ0v) is 13.8. The van der Waals surface area contributed by atoms with Gasteiger partial charge in [0.2, 0.25) is 11.5 Å². The van der Waals surface area contributed by atoms with Crippen molar-refractivity contribution < 1.29 is 4.79 Å². The number of benzene rings is 1. The first-order valence-corrected chi connectivity index (χ1v) is 8.42. The van der Waals surface area contributed by atoms with Crippen molar-refractivity contribution in [2.75, 3.05) is 26.2 Å². The molecule has 0 spiro atoms. The van der Waals surface area contributed by atoms with Gasteiger partial charge in [0.15, 0.2) is 0 Å². The van der Waals surface area contributed by atoms with Gasteiger partial charge in [-0.05, 0) is 17.5 Å². The summed E-state index contributed by atoms with van der Waals surface area (Å²) in [5, 5.41) is 0. The van der Waals surface area contributed by atoms with Crippen LogP contribution in [0, 0.1) is 0 Å². The molecule has 0 radical (unpaired) electrons. The number of aryl methyl sites for hydroxylation is 1. The number of nitrogens with one attached hydrogen (secondary N) is 1. The number of carbonyl (C=O) groups is 1. The van der Waals surface area contributed by atoms with Gasteiger partial charge in [0.05, 0.1) is 0 Å². The van der Waals surface area contributed by atoms with E-state index in [-0.39, 0.29) is 11.5 Å². The van der Waals surface area contributed by atoms with Gasteiger partial charge in [-0.2, -0.15) is 0 Å². The average Bonchev–Trinajstić information content (AvgIpc) is 2.63. The molecule has 0 atom stereocenters. The van der Waals surface area contributed by atoms with Crippen LogP contribution in [0.15, 0.2) is 53.5 Å². The molecule has 1 fully saturated rings. The van der Waals surface area contributed by atoms with Gasteiger partial charge in [-0.15, -0.1) is 0 Å². The minimum Gasteiger partial charge on any atom is -0.340 e. The Labute approximate surface area is 141 Å². The van der Waals surface area contributed by atoms with E-state index in [1.54, 1.807) is 12.3 Å². The van der Waals surface area contributed by atoms with Crippen molar-refractivity contribution in [1.29, 1.82) is 0 Å². The molecule has 1 N–H and O–H groups in total. The van der Waals surface area contributed by atoms with Crippen LogP contribution in [0.25, 0.3) is 0 Å². The highest BCUT2D eigenvalue weighted by Crippen LogP contribution is 2.10. The Morgan fingerprint density at radius 2 is 1.71 bits per heavy atom. The van der Waals surface area contributed by atoms with Crippen LogP contribution in [-0.2, 0) is 17.8 Å². The van der Waals surface area contributed by atoms with Crippen molar-refractivity contribution in [2.45, 2.75) is 19.4 Å². The molecular weight excluding hydrogens is 302 g/mol. The smallest absolute Gasteiger partial charge is 0.247 e. The second-order valence-electron chi connectivity index (χ2n) is 6.20. The molecule has 0 bridgehead atoms. The molecule has 1 aliphatic rings. The summed E-state index contributed by atoms with van der Waals surface area (Å²) in [4.78, 5) is 30.4. The molecule has 0 unspecified atom stereocenters. The Bertz CT molecular complexity index is 698. The monoisotopic (exact) mass is 325 g/mol. The van der Waals surface area contributed by atoms with Crippen molar-refractivity contribution in [3.8, 4) is 0 Å². The lowest BCUT2D eigenvalue weighted by atomic mass is 10.1. The van der Waals surface area contributed by atoms with Gasteiger partial charge < -0.3 is 9.88 Å². The molecule has 3 rings (SSSR count). The lowest BCUT2D eigenvalue weighted by molar-refractivity contribution is -0.133. The Morgan fingerprint density at radius 1 is 0.958 bits per heavy atom. The van der Waals surface area contributed by atoms with Crippen LogP contribution in [0.5, 0.6) is 0 Å². The van der Waals surface area contributed by atoms with E-state index in [1.165, 1.54) is 5.56 Å². The van der Waals surface area contributed by atoms with Gasteiger partial charge >= 0.3 is 0 Å². The standard InChI is InChI=1S/C19H23N3O2/c23-18-8-6-17(14-20-18)15-21-10-12-22(13-11-21)19(24)9-7-16-4-2-1-3-5-16/h1-6,8,14H,7,9-13,15H2,(H,20,23). The predicted octanol–water partition coefficient (Wildman–Crippen LogP) is 1.65. The summed E-state index contributed by atoms with van der Waals surface area (Å²) in [6, 6.07) is 13.6. The quantitative estimate of drug-likeness (QED) is 0.909. The third-order valence-corrected chi connectivity index (χ3v) is 4.45. The predicted molar refractivity (Wildman–Crippen MR) is 93.7 cm³/mol. The van der Waals surface area contributed by atoms with Gasteiger partial charge in [-0.25, -0.2) is 0 Å². The number of aromatic amines is 1. The number of rotatable bonds is 5. The van der Waals surface area contributed by atoms with Gasteiger partial charge in [0, 0.05) is 51.4 Å². The molecule has 1 amide bonds. The second-order valence-corrected chi connectivity index (χ2v) is 6.20. The summed E-state index contributed by atoms with van der Waals surface area (Å²) in [5.41, 5.74) is 2.23. The van der Waals surface area contributed by atoms with Crippen molar-refractivity contribution in [3.05, 3.63) is 70.1 Å². The van der Waals surface area contributed by atoms with Crippen LogP contribution >= 0.6 is 0 Å². The van der Waals surface area contributed by atoms with Crippen LogP contribution in [0.1, 0.15) is 17.5 Å². The van der Waals surface area contributed by atoms with Crippen molar-refractivity contribution in [2.24, 2.45) is 0 Å². The molecule has 0 aliphatic carbocycles. The maximum absolute atomic E-state index is 12.3. The Kier molecular flexibility index (Phi) is 5.43. The summed E-state index contributed by atoms with van der Waals surface area (Å²) in [6.07, 6.45) is 3.14. The lowest BCUT2D eigenvalue weighted by Gasteiger charge is -2.34. The highest BCUT2D eigenvalue weighted by Gasteiger charge is 2.20. The van der Waals surface area contributed by atoms with E-state index in [0.29, 0.717) is 6.42 Å². The zero-order chi connectivity index (χ0) is 16.8. The minimum absolute atomic E-state index is 0.0763. The number of H-pyrrole nitrogens is 1. The van der Waals surface area contributed by atoms with E-state index in [1.807, 2.05) is 29.2 Å². The molecule has 5 heteroatoms. The summed E-state index contributed by atoms with van der Waals surface area (Å²) >= 11 is 0. The molecule has 5 nitrogen and oxygen atoms in total. The molecule has 24 heavy (non-hydrogen) atoms. The minimum atomic E-state index is -0.0763. The van der Waals surface area contributed by atoms with E-state index in [2.05, 4.69) is 22.0 Å². The van der Waals surface area contributed by atoms with Crippen LogP contribution in [0.3, 0.4) is 0 Å². The average molecular weight is 325 g/mol. The lowest BCUT2D eigenvalue weighted by Crippen LogP contribution is -2.48. The largest absolute Gasteiger partial charge is 0.340 e. The number of hydrogen-bond donors (Lipinski definition) is 1. The van der Waals surface area contributed by atoms with Crippen molar-refractivity contribution in [1.82, 2.24) is 14.8 Å². The number of pyridine rings is 1. The van der Waals surface area contributed by atoms with E-state index < -0.39 is 0 Å². The van der Waals surface area contributed by atoms with E-state index in [9.17, 15) is 9.59 Å². The van der Waals surface area contributed by atoms with Gasteiger partial charge in [-0.1, -0.05) is 36.4 Å². The molecule has 1 aromatic heterocycles. The third kappa shape index (κ3) is 4.55. The molecule has 1 aromatic carbocycles. The SMILES string of the molecule is O=C(CCc1ccccc1)N1CCN(Cc2ccc(=O)[nH]c2)CC1. The maximum atomic E-state index is 12.3. The highest BCUT2D eigenvalue weighted by atomic mass is 16.2. The number of carbonyl (C=O) groups excluding carboxylic acids is 1. The number of hydrogen-bond acceptors (Lipinski definition) is 3. The fourth-order valence-corrected chi connectivity index (χ4v) is 3.01. The number of piperazine rings is 1. The fraction of sp³-hybridized carbons (Fsp3) is 0.368. The van der Waals surface area contributed by atoms with Gasteiger partial charge in [-0.3, -0.25) is 14.5 Å². The number of nitrogens with zero attached hydrogens (tertiary/aromatic N) is 2. The summed E-state index contributed by atoms with van der Waals surface area (Å²) < 4.78 is 0. The number of aromatic nitrogens is 1. The summed E-state index contributed by atoms with van der Waals surface area (Å²) in [7, 11) is 0. The van der Waals surface area contributed by atoms with Crippen LogP contribution < -0.4 is 5.56 Å². The number of amides is 1. The zero-order valence-electron chi connectivity index (χ0n) is 13.8. The summed E-state index contributed by atoms with van der Waals surface area (Å²) in [6.45, 7) is 4.10. The second kappa shape index (κ2) is 7.93. The fourth-order valence-electron chi connectivity index (χ4n) is 3.01. The maximum Gasteiger partial charge on any atom is 0.247 e. The molecule has 2 aromatic rings. The van der Waals surface area contributed by atoms with E-state index in [4.69, 9.17) is 0 Å². The normalized spacial score (nSPS) is 15.4. The van der Waals surface area contributed by atoms with Crippen LogP contribution in [0.2, 0.25) is 0 Å².